The van der Waals surface area contributed by atoms with Gasteiger partial charge in [0.2, 0.25) is 0 Å². The van der Waals surface area contributed by atoms with Gasteiger partial charge in [0.15, 0.2) is 5.82 Å². The van der Waals surface area contributed by atoms with Crippen molar-refractivity contribution in [2.75, 3.05) is 5.32 Å². The molecular formula is C14H22N4S. The van der Waals surface area contributed by atoms with E-state index in [-0.39, 0.29) is 0 Å². The molecular weight excluding hydrogens is 256 g/mol. The third-order valence-electron chi connectivity index (χ3n) is 3.98. The predicted molar refractivity (Wildman–Crippen MR) is 82.4 cm³/mol. The number of nitrogens with two attached hydrogens (primary N) is 1. The van der Waals surface area contributed by atoms with Crippen molar-refractivity contribution in [3.63, 3.8) is 0 Å². The number of nitrogens with zero attached hydrogens (tertiary/aromatic N) is 2. The smallest absolute Gasteiger partial charge is 0.159 e. The summed E-state index contributed by atoms with van der Waals surface area (Å²) in [5, 5.41) is 11.9. The molecule has 104 valence electrons. The minimum Gasteiger partial charge on any atom is -0.389 e. The molecule has 4 nitrogen and oxygen atoms in total. The average molecular weight is 278 g/mol. The molecule has 5 heteroatoms. The predicted octanol–water partition coefficient (Wildman–Crippen LogP) is 2.72. The zero-order valence-corrected chi connectivity index (χ0v) is 12.7. The summed E-state index contributed by atoms with van der Waals surface area (Å²) in [6.45, 7) is 6.22. The van der Waals surface area contributed by atoms with Crippen LogP contribution in [-0.4, -0.2) is 21.2 Å². The van der Waals surface area contributed by atoms with Crippen molar-refractivity contribution in [3.05, 3.63) is 16.8 Å². The zero-order chi connectivity index (χ0) is 14.0. The second kappa shape index (κ2) is 5.82. The van der Waals surface area contributed by atoms with E-state index in [1.54, 1.807) is 0 Å². The number of thiocarbonyl (C=S) groups is 1. The van der Waals surface area contributed by atoms with E-state index >= 15 is 0 Å². The maximum absolute atomic E-state index is 5.84. The molecule has 0 radical (unpaired) electrons. The molecule has 2 atom stereocenters. The van der Waals surface area contributed by atoms with Gasteiger partial charge in [0.05, 0.1) is 11.3 Å². The number of aryl methyl sites for hydroxylation is 1. The molecule has 0 bridgehead atoms. The molecule has 3 N–H and O–H groups in total. The summed E-state index contributed by atoms with van der Waals surface area (Å²) in [5.74, 6) is 1.51. The minimum atomic E-state index is 0.391. The van der Waals surface area contributed by atoms with E-state index in [9.17, 15) is 0 Å². The van der Waals surface area contributed by atoms with Gasteiger partial charge in [-0.2, -0.15) is 5.10 Å². The Kier molecular flexibility index (Phi) is 4.34. The molecule has 2 rings (SSSR count). The summed E-state index contributed by atoms with van der Waals surface area (Å²) in [7, 11) is 0. The summed E-state index contributed by atoms with van der Waals surface area (Å²) >= 11 is 5.16. The fourth-order valence-electron chi connectivity index (χ4n) is 2.77. The Labute approximate surface area is 120 Å². The van der Waals surface area contributed by atoms with Crippen LogP contribution in [0.3, 0.4) is 0 Å². The average Bonchev–Trinajstić information content (AvgIpc) is 2.33. The molecule has 1 fully saturated rings. The molecule has 0 saturated heterocycles. The molecule has 1 aromatic heterocycles. The van der Waals surface area contributed by atoms with Crippen molar-refractivity contribution in [1.29, 1.82) is 0 Å². The van der Waals surface area contributed by atoms with Gasteiger partial charge in [0.25, 0.3) is 0 Å². The molecule has 19 heavy (non-hydrogen) atoms. The molecule has 0 spiro atoms. The molecule has 1 saturated carbocycles. The van der Waals surface area contributed by atoms with Gasteiger partial charge in [-0.1, -0.05) is 32.0 Å². The Morgan fingerprint density at radius 2 is 2.05 bits per heavy atom. The Morgan fingerprint density at radius 1 is 1.32 bits per heavy atom. The summed E-state index contributed by atoms with van der Waals surface area (Å²) in [6, 6.07) is 0.452. The molecule has 1 heterocycles. The maximum atomic E-state index is 5.84. The number of anilines is 1. The van der Waals surface area contributed by atoms with Gasteiger partial charge >= 0.3 is 0 Å². The van der Waals surface area contributed by atoms with Gasteiger partial charge < -0.3 is 11.1 Å². The van der Waals surface area contributed by atoms with Crippen molar-refractivity contribution in [1.82, 2.24) is 10.2 Å². The van der Waals surface area contributed by atoms with Gasteiger partial charge in [-0.15, -0.1) is 5.10 Å². The van der Waals surface area contributed by atoms with Crippen molar-refractivity contribution < 1.29 is 0 Å². The van der Waals surface area contributed by atoms with Crippen LogP contribution in [0.4, 0.5) is 5.82 Å². The Bertz CT molecular complexity index is 487. The first-order valence-electron chi connectivity index (χ1n) is 6.89. The van der Waals surface area contributed by atoms with Crippen LogP contribution in [0.25, 0.3) is 0 Å². The largest absolute Gasteiger partial charge is 0.389 e. The quantitative estimate of drug-likeness (QED) is 0.832. The van der Waals surface area contributed by atoms with Gasteiger partial charge in [0, 0.05) is 6.04 Å². The third-order valence-corrected chi connectivity index (χ3v) is 4.18. The topological polar surface area (TPSA) is 63.8 Å². The lowest BCUT2D eigenvalue weighted by atomic mass is 9.87. The number of hydrogen-bond acceptors (Lipinski definition) is 4. The lowest BCUT2D eigenvalue weighted by Gasteiger charge is -2.28. The van der Waals surface area contributed by atoms with E-state index < -0.39 is 0 Å². The summed E-state index contributed by atoms with van der Waals surface area (Å²) in [4.78, 5) is 0.391. The lowest BCUT2D eigenvalue weighted by molar-refractivity contribution is 0.358. The first-order valence-corrected chi connectivity index (χ1v) is 7.30. The molecule has 1 aliphatic carbocycles. The first kappa shape index (κ1) is 14.2. The van der Waals surface area contributed by atoms with Crippen LogP contribution in [0.2, 0.25) is 0 Å². The highest BCUT2D eigenvalue weighted by molar-refractivity contribution is 7.80. The molecule has 1 aliphatic rings. The highest BCUT2D eigenvalue weighted by atomic mass is 32.1. The number of rotatable bonds is 3. The van der Waals surface area contributed by atoms with E-state index in [0.717, 1.165) is 28.6 Å². The van der Waals surface area contributed by atoms with Crippen molar-refractivity contribution >= 4 is 23.0 Å². The van der Waals surface area contributed by atoms with Crippen molar-refractivity contribution in [2.45, 2.75) is 52.5 Å². The van der Waals surface area contributed by atoms with Gasteiger partial charge in [-0.25, -0.2) is 0 Å². The minimum absolute atomic E-state index is 0.391. The molecule has 1 aromatic rings. The van der Waals surface area contributed by atoms with Crippen LogP contribution >= 0.6 is 12.2 Å². The second-order valence-corrected chi connectivity index (χ2v) is 6.05. The van der Waals surface area contributed by atoms with E-state index in [0.29, 0.717) is 11.0 Å². The normalized spacial score (nSPS) is 23.1. The van der Waals surface area contributed by atoms with Crippen LogP contribution in [0.1, 0.15) is 49.4 Å². The van der Waals surface area contributed by atoms with E-state index in [1.165, 1.54) is 25.7 Å². The zero-order valence-electron chi connectivity index (χ0n) is 11.9. The number of hydrogen-bond donors (Lipinski definition) is 2. The maximum Gasteiger partial charge on any atom is 0.159 e. The van der Waals surface area contributed by atoms with E-state index in [4.69, 9.17) is 18.0 Å². The Hall–Kier alpha value is -1.23. The van der Waals surface area contributed by atoms with Crippen LogP contribution in [-0.2, 0) is 0 Å². The molecule has 2 unspecified atom stereocenters. The van der Waals surface area contributed by atoms with Crippen molar-refractivity contribution in [3.8, 4) is 0 Å². The van der Waals surface area contributed by atoms with Crippen LogP contribution in [0, 0.1) is 19.8 Å². The first-order chi connectivity index (χ1) is 8.99. The van der Waals surface area contributed by atoms with Gasteiger partial charge in [0.1, 0.15) is 4.99 Å². The molecule has 0 aliphatic heterocycles. The summed E-state index contributed by atoms with van der Waals surface area (Å²) in [5.41, 5.74) is 8.59. The van der Waals surface area contributed by atoms with Gasteiger partial charge in [-0.3, -0.25) is 0 Å². The molecule has 0 aromatic carbocycles. The van der Waals surface area contributed by atoms with Crippen molar-refractivity contribution in [2.24, 2.45) is 11.7 Å². The number of nitrogens with one attached hydrogen (secondary N) is 1. The third kappa shape index (κ3) is 3.21. The Morgan fingerprint density at radius 3 is 2.68 bits per heavy atom. The highest BCUT2D eigenvalue weighted by Gasteiger charge is 2.21. The lowest BCUT2D eigenvalue weighted by Crippen LogP contribution is -2.29. The van der Waals surface area contributed by atoms with E-state index in [1.807, 2.05) is 13.8 Å². The highest BCUT2D eigenvalue weighted by Crippen LogP contribution is 2.27. The summed E-state index contributed by atoms with van der Waals surface area (Å²) in [6.07, 6.45) is 4.93. The molecule has 0 amide bonds. The fourth-order valence-corrected chi connectivity index (χ4v) is 3.02. The standard InChI is InChI=1S/C14H22N4S/c1-8-5-4-6-11(7-8)16-14-12(13(15)19)9(2)10(3)17-18-14/h8,11H,4-7H2,1-3H3,(H2,15,19)(H,16,18). The second-order valence-electron chi connectivity index (χ2n) is 5.61. The fraction of sp³-hybridized carbons (Fsp3) is 0.643. The monoisotopic (exact) mass is 278 g/mol. The van der Waals surface area contributed by atoms with Crippen LogP contribution in [0.5, 0.6) is 0 Å². The van der Waals surface area contributed by atoms with Crippen LogP contribution < -0.4 is 11.1 Å². The summed E-state index contributed by atoms with van der Waals surface area (Å²) < 4.78 is 0. The number of aromatic nitrogens is 2. The SMILES string of the molecule is Cc1nnc(NC2CCCC(C)C2)c(C(N)=S)c1C. The Balaban J connectivity index is 2.24. The van der Waals surface area contributed by atoms with Crippen LogP contribution in [0.15, 0.2) is 0 Å². The van der Waals surface area contributed by atoms with E-state index in [2.05, 4.69) is 22.4 Å². The van der Waals surface area contributed by atoms with Gasteiger partial charge in [-0.05, 0) is 38.2 Å².